The van der Waals surface area contributed by atoms with Gasteiger partial charge in [0.2, 0.25) is 5.91 Å². The first-order valence-corrected chi connectivity index (χ1v) is 7.03. The van der Waals surface area contributed by atoms with E-state index < -0.39 is 23.6 Å². The smallest absolute Gasteiger partial charge is 0.410 e. The molecule has 0 aliphatic carbocycles. The van der Waals surface area contributed by atoms with Gasteiger partial charge in [0, 0.05) is 20.3 Å². The summed E-state index contributed by atoms with van der Waals surface area (Å²) in [6.07, 6.45) is 1.96. The van der Waals surface area contributed by atoms with Crippen LogP contribution in [0.15, 0.2) is 0 Å². The topological polar surface area (TPSA) is 81.9 Å². The summed E-state index contributed by atoms with van der Waals surface area (Å²) in [4.78, 5) is 24.9. The van der Waals surface area contributed by atoms with Gasteiger partial charge >= 0.3 is 6.09 Å². The van der Waals surface area contributed by atoms with E-state index in [2.05, 4.69) is 0 Å². The number of nitrogens with two attached hydrogens (primary N) is 1. The predicted octanol–water partition coefficient (Wildman–Crippen LogP) is 1.52. The predicted molar refractivity (Wildman–Crippen MR) is 75.1 cm³/mol. The van der Waals surface area contributed by atoms with Crippen molar-refractivity contribution in [3.8, 4) is 0 Å². The largest absolute Gasteiger partial charge is 0.444 e. The van der Waals surface area contributed by atoms with Crippen LogP contribution in [0.2, 0.25) is 0 Å². The average molecular weight is 286 g/mol. The Morgan fingerprint density at radius 3 is 2.55 bits per heavy atom. The standard InChI is InChI=1S/C14H26N2O4/c1-14(2,3)20-13(18)16(4)11(12(15)17)8-10-6-5-7-19-9-10/h10-11H,5-9H2,1-4H3,(H2,15,17)/t10?,11-/m0/s1. The van der Waals surface area contributed by atoms with E-state index in [-0.39, 0.29) is 5.92 Å². The monoisotopic (exact) mass is 286 g/mol. The highest BCUT2D eigenvalue weighted by atomic mass is 16.6. The van der Waals surface area contributed by atoms with Crippen LogP contribution in [0.5, 0.6) is 0 Å². The van der Waals surface area contributed by atoms with Gasteiger partial charge in [-0.2, -0.15) is 0 Å². The molecule has 0 aromatic rings. The molecule has 0 radical (unpaired) electrons. The maximum atomic E-state index is 12.0. The number of likely N-dealkylation sites (N-methyl/N-ethyl adjacent to an activating group) is 1. The zero-order chi connectivity index (χ0) is 15.3. The number of hydrogen-bond donors (Lipinski definition) is 1. The molecule has 1 unspecified atom stereocenters. The zero-order valence-electron chi connectivity index (χ0n) is 12.8. The Hall–Kier alpha value is -1.30. The van der Waals surface area contributed by atoms with Gasteiger partial charge in [-0.3, -0.25) is 9.69 Å². The Balaban J connectivity index is 2.64. The van der Waals surface area contributed by atoms with Crippen molar-refractivity contribution in [1.29, 1.82) is 0 Å². The van der Waals surface area contributed by atoms with Crippen molar-refractivity contribution >= 4 is 12.0 Å². The van der Waals surface area contributed by atoms with E-state index in [1.54, 1.807) is 27.8 Å². The van der Waals surface area contributed by atoms with Gasteiger partial charge in [0.05, 0.1) is 0 Å². The highest BCUT2D eigenvalue weighted by molar-refractivity contribution is 5.84. The molecule has 2 N–H and O–H groups in total. The quantitative estimate of drug-likeness (QED) is 0.849. The summed E-state index contributed by atoms with van der Waals surface area (Å²) in [5.74, 6) is -0.255. The van der Waals surface area contributed by atoms with Gasteiger partial charge in [0.25, 0.3) is 0 Å². The molecule has 20 heavy (non-hydrogen) atoms. The van der Waals surface area contributed by atoms with Gasteiger partial charge in [-0.05, 0) is 46.0 Å². The Kier molecular flexibility index (Phi) is 5.80. The molecule has 1 fully saturated rings. The SMILES string of the molecule is CN(C(=O)OC(C)(C)C)[C@@H](CC1CCCOC1)C(N)=O. The molecule has 6 nitrogen and oxygen atoms in total. The Bertz CT molecular complexity index is 346. The van der Waals surface area contributed by atoms with Gasteiger partial charge in [-0.1, -0.05) is 0 Å². The molecule has 116 valence electrons. The fourth-order valence-corrected chi connectivity index (χ4v) is 2.24. The number of carbonyl (C=O) groups is 2. The van der Waals surface area contributed by atoms with E-state index in [1.807, 2.05) is 0 Å². The Morgan fingerprint density at radius 1 is 1.45 bits per heavy atom. The van der Waals surface area contributed by atoms with Crippen LogP contribution in [0.3, 0.4) is 0 Å². The maximum Gasteiger partial charge on any atom is 0.410 e. The first-order chi connectivity index (χ1) is 9.20. The van der Waals surface area contributed by atoms with Crippen LogP contribution in [-0.2, 0) is 14.3 Å². The molecular formula is C14H26N2O4. The minimum Gasteiger partial charge on any atom is -0.444 e. The number of amides is 2. The molecule has 2 atom stereocenters. The van der Waals surface area contributed by atoms with Crippen molar-refractivity contribution in [3.05, 3.63) is 0 Å². The highest BCUT2D eigenvalue weighted by Gasteiger charge is 2.31. The molecule has 1 aliphatic rings. The molecule has 2 amide bonds. The molecule has 1 rings (SSSR count). The fraction of sp³-hybridized carbons (Fsp3) is 0.857. The third kappa shape index (κ3) is 5.36. The lowest BCUT2D eigenvalue weighted by atomic mass is 9.93. The van der Waals surface area contributed by atoms with Gasteiger partial charge < -0.3 is 15.2 Å². The van der Waals surface area contributed by atoms with Crippen molar-refractivity contribution in [2.24, 2.45) is 11.7 Å². The lowest BCUT2D eigenvalue weighted by molar-refractivity contribution is -0.123. The van der Waals surface area contributed by atoms with Crippen molar-refractivity contribution in [2.75, 3.05) is 20.3 Å². The van der Waals surface area contributed by atoms with Crippen LogP contribution < -0.4 is 5.73 Å². The first kappa shape index (κ1) is 16.8. The van der Waals surface area contributed by atoms with Crippen LogP contribution in [-0.4, -0.2) is 48.8 Å². The zero-order valence-corrected chi connectivity index (χ0v) is 12.8. The minimum absolute atomic E-state index is 0.256. The summed E-state index contributed by atoms with van der Waals surface area (Å²) in [6.45, 7) is 6.73. The number of nitrogens with zero attached hydrogens (tertiary/aromatic N) is 1. The van der Waals surface area contributed by atoms with Gasteiger partial charge in [-0.25, -0.2) is 4.79 Å². The molecule has 0 saturated carbocycles. The van der Waals surface area contributed by atoms with E-state index >= 15 is 0 Å². The molecule has 0 aromatic carbocycles. The Morgan fingerprint density at radius 2 is 2.10 bits per heavy atom. The lowest BCUT2D eigenvalue weighted by Crippen LogP contribution is -2.48. The maximum absolute atomic E-state index is 12.0. The van der Waals surface area contributed by atoms with Gasteiger partial charge in [0.1, 0.15) is 11.6 Å². The fourth-order valence-electron chi connectivity index (χ4n) is 2.24. The van der Waals surface area contributed by atoms with Crippen LogP contribution in [0.25, 0.3) is 0 Å². The molecule has 1 heterocycles. The Labute approximate surface area is 120 Å². The van der Waals surface area contributed by atoms with Crippen LogP contribution in [0.1, 0.15) is 40.0 Å². The van der Waals surface area contributed by atoms with Crippen molar-refractivity contribution in [3.63, 3.8) is 0 Å². The number of primary amides is 1. The molecule has 0 spiro atoms. The van der Waals surface area contributed by atoms with Crippen LogP contribution in [0, 0.1) is 5.92 Å². The first-order valence-electron chi connectivity index (χ1n) is 7.03. The number of rotatable bonds is 4. The summed E-state index contributed by atoms with van der Waals surface area (Å²) in [7, 11) is 1.55. The van der Waals surface area contributed by atoms with Gasteiger partial charge in [0.15, 0.2) is 0 Å². The van der Waals surface area contributed by atoms with E-state index in [0.717, 1.165) is 19.4 Å². The minimum atomic E-state index is -0.656. The average Bonchev–Trinajstić information content (AvgIpc) is 2.34. The number of carbonyl (C=O) groups excluding carboxylic acids is 2. The molecular weight excluding hydrogens is 260 g/mol. The number of hydrogen-bond acceptors (Lipinski definition) is 4. The van der Waals surface area contributed by atoms with Crippen LogP contribution in [0.4, 0.5) is 4.79 Å². The van der Waals surface area contributed by atoms with Crippen molar-refractivity contribution in [1.82, 2.24) is 4.90 Å². The van der Waals surface area contributed by atoms with Crippen LogP contribution >= 0.6 is 0 Å². The summed E-state index contributed by atoms with van der Waals surface area (Å²) in [6, 6.07) is -0.656. The highest BCUT2D eigenvalue weighted by Crippen LogP contribution is 2.21. The van der Waals surface area contributed by atoms with E-state index in [1.165, 1.54) is 4.90 Å². The van der Waals surface area contributed by atoms with E-state index in [0.29, 0.717) is 13.0 Å². The molecule has 0 bridgehead atoms. The summed E-state index contributed by atoms with van der Waals surface area (Å²) in [5, 5.41) is 0. The lowest BCUT2D eigenvalue weighted by Gasteiger charge is -2.32. The second-order valence-corrected chi connectivity index (χ2v) is 6.33. The molecule has 1 aliphatic heterocycles. The molecule has 1 saturated heterocycles. The number of ether oxygens (including phenoxy) is 2. The summed E-state index contributed by atoms with van der Waals surface area (Å²) in [5.41, 5.74) is 4.83. The second-order valence-electron chi connectivity index (χ2n) is 6.33. The normalized spacial score (nSPS) is 21.1. The van der Waals surface area contributed by atoms with Gasteiger partial charge in [-0.15, -0.1) is 0 Å². The van der Waals surface area contributed by atoms with E-state index in [9.17, 15) is 9.59 Å². The molecule has 0 aromatic heterocycles. The van der Waals surface area contributed by atoms with Crippen molar-refractivity contribution in [2.45, 2.75) is 51.7 Å². The van der Waals surface area contributed by atoms with E-state index in [4.69, 9.17) is 15.2 Å². The molecule has 6 heteroatoms. The van der Waals surface area contributed by atoms with Crippen molar-refractivity contribution < 1.29 is 19.1 Å². The summed E-state index contributed by atoms with van der Waals surface area (Å²) >= 11 is 0. The second kappa shape index (κ2) is 6.92. The summed E-state index contributed by atoms with van der Waals surface area (Å²) < 4.78 is 10.7. The third-order valence-corrected chi connectivity index (χ3v) is 3.29. The third-order valence-electron chi connectivity index (χ3n) is 3.29.